The minimum atomic E-state index is -0.0296. The number of terminal acetylenes is 1. The van der Waals surface area contributed by atoms with Gasteiger partial charge in [0.1, 0.15) is 0 Å². The first-order valence-corrected chi connectivity index (χ1v) is 3.26. The van der Waals surface area contributed by atoms with Crippen LogP contribution in [0.4, 0.5) is 0 Å². The Balaban J connectivity index is 2.90. The molecule has 1 aromatic heterocycles. The Morgan fingerprint density at radius 3 is 3.00 bits per heavy atom. The lowest BCUT2D eigenvalue weighted by Crippen LogP contribution is -1.80. The van der Waals surface area contributed by atoms with Gasteiger partial charge in [-0.3, -0.25) is 0 Å². The van der Waals surface area contributed by atoms with Crippen molar-refractivity contribution in [3.63, 3.8) is 0 Å². The van der Waals surface area contributed by atoms with Crippen molar-refractivity contribution < 1.29 is 5.11 Å². The maximum atomic E-state index is 8.52. The van der Waals surface area contributed by atoms with Crippen molar-refractivity contribution in [2.24, 2.45) is 0 Å². The molecule has 0 radical (unpaired) electrons. The predicted octanol–water partition coefficient (Wildman–Crippen LogP) is 0.617. The SMILES string of the molecule is C#Cc1nc(CO)cs1. The normalized spacial score (nSPS) is 8.89. The van der Waals surface area contributed by atoms with Gasteiger partial charge in [0.25, 0.3) is 0 Å². The van der Waals surface area contributed by atoms with Crippen LogP contribution in [0.2, 0.25) is 0 Å². The van der Waals surface area contributed by atoms with Gasteiger partial charge < -0.3 is 5.11 Å². The Kier molecular flexibility index (Phi) is 1.83. The summed E-state index contributed by atoms with van der Waals surface area (Å²) < 4.78 is 0. The number of aromatic nitrogens is 1. The van der Waals surface area contributed by atoms with E-state index in [9.17, 15) is 0 Å². The van der Waals surface area contributed by atoms with E-state index in [0.717, 1.165) is 0 Å². The summed E-state index contributed by atoms with van der Waals surface area (Å²) in [6.45, 7) is -0.0296. The zero-order valence-electron chi connectivity index (χ0n) is 4.66. The lowest BCUT2D eigenvalue weighted by molar-refractivity contribution is 0.277. The number of hydrogen-bond donors (Lipinski definition) is 1. The fourth-order valence-corrected chi connectivity index (χ4v) is 1.06. The van der Waals surface area contributed by atoms with Crippen LogP contribution in [0, 0.1) is 12.3 Å². The van der Waals surface area contributed by atoms with Crippen LogP contribution in [0.25, 0.3) is 0 Å². The molecular weight excluding hydrogens is 134 g/mol. The second-order valence-corrected chi connectivity index (χ2v) is 2.30. The molecule has 0 saturated carbocycles. The Morgan fingerprint density at radius 1 is 1.89 bits per heavy atom. The summed E-state index contributed by atoms with van der Waals surface area (Å²) >= 11 is 1.37. The smallest absolute Gasteiger partial charge is 0.166 e. The van der Waals surface area contributed by atoms with E-state index in [2.05, 4.69) is 10.9 Å². The van der Waals surface area contributed by atoms with Crippen LogP contribution in [0.5, 0.6) is 0 Å². The molecule has 0 fully saturated rings. The Morgan fingerprint density at radius 2 is 2.67 bits per heavy atom. The van der Waals surface area contributed by atoms with Gasteiger partial charge in [-0.05, 0) is 5.92 Å². The van der Waals surface area contributed by atoms with Gasteiger partial charge in [0.2, 0.25) is 0 Å². The zero-order chi connectivity index (χ0) is 6.69. The maximum absolute atomic E-state index is 8.52. The molecule has 0 aliphatic rings. The highest BCUT2D eigenvalue weighted by Gasteiger charge is 1.94. The number of nitrogens with zero attached hydrogens (tertiary/aromatic N) is 1. The fraction of sp³-hybridized carbons (Fsp3) is 0.167. The zero-order valence-corrected chi connectivity index (χ0v) is 5.48. The first-order chi connectivity index (χ1) is 4.36. The maximum Gasteiger partial charge on any atom is 0.166 e. The number of rotatable bonds is 1. The molecule has 0 aliphatic carbocycles. The van der Waals surface area contributed by atoms with Crippen molar-refractivity contribution in [2.75, 3.05) is 0 Å². The summed E-state index contributed by atoms with van der Waals surface area (Å²) in [5.74, 6) is 2.38. The summed E-state index contributed by atoms with van der Waals surface area (Å²) in [4.78, 5) is 3.88. The quantitative estimate of drug-likeness (QED) is 0.578. The summed E-state index contributed by atoms with van der Waals surface area (Å²) in [6, 6.07) is 0. The van der Waals surface area contributed by atoms with E-state index >= 15 is 0 Å². The van der Waals surface area contributed by atoms with Crippen LogP contribution < -0.4 is 0 Å². The average molecular weight is 139 g/mol. The molecule has 0 aromatic carbocycles. The number of thiazole rings is 1. The third-order valence-corrected chi connectivity index (χ3v) is 1.66. The third kappa shape index (κ3) is 1.28. The van der Waals surface area contributed by atoms with Gasteiger partial charge in [0.05, 0.1) is 12.3 Å². The van der Waals surface area contributed by atoms with Crippen LogP contribution in [0.1, 0.15) is 10.7 Å². The molecule has 0 amide bonds. The topological polar surface area (TPSA) is 33.1 Å². The number of aliphatic hydroxyl groups excluding tert-OH is 1. The van der Waals surface area contributed by atoms with Gasteiger partial charge in [0.15, 0.2) is 5.01 Å². The van der Waals surface area contributed by atoms with Crippen LogP contribution in [0.3, 0.4) is 0 Å². The van der Waals surface area contributed by atoms with E-state index < -0.39 is 0 Å². The molecule has 0 atom stereocenters. The van der Waals surface area contributed by atoms with Gasteiger partial charge in [-0.1, -0.05) is 0 Å². The van der Waals surface area contributed by atoms with E-state index in [4.69, 9.17) is 11.5 Å². The molecule has 1 rings (SSSR count). The monoisotopic (exact) mass is 139 g/mol. The van der Waals surface area contributed by atoms with Crippen molar-refractivity contribution in [3.8, 4) is 12.3 Å². The fourth-order valence-electron chi connectivity index (χ4n) is 0.446. The standard InChI is InChI=1S/C6H5NOS/c1-2-6-7-5(3-8)4-9-6/h1,4,8H,3H2. The van der Waals surface area contributed by atoms with Gasteiger partial charge in [-0.15, -0.1) is 17.8 Å². The number of hydrogen-bond acceptors (Lipinski definition) is 3. The van der Waals surface area contributed by atoms with Crippen LogP contribution in [-0.2, 0) is 6.61 Å². The Hall–Kier alpha value is -0.850. The summed E-state index contributed by atoms with van der Waals surface area (Å²) in [6.07, 6.45) is 5.03. The molecule has 0 spiro atoms. The summed E-state index contributed by atoms with van der Waals surface area (Å²) in [5.41, 5.74) is 0.646. The molecule has 1 aromatic rings. The molecule has 46 valence electrons. The number of aliphatic hydroxyl groups is 1. The molecular formula is C6H5NOS. The molecule has 0 saturated heterocycles. The van der Waals surface area contributed by atoms with E-state index in [1.165, 1.54) is 11.3 Å². The molecule has 1 N–H and O–H groups in total. The average Bonchev–Trinajstić information content (AvgIpc) is 2.34. The largest absolute Gasteiger partial charge is 0.390 e. The highest BCUT2D eigenvalue weighted by atomic mass is 32.1. The lowest BCUT2D eigenvalue weighted by Gasteiger charge is -1.79. The van der Waals surface area contributed by atoms with E-state index in [1.54, 1.807) is 5.38 Å². The predicted molar refractivity (Wildman–Crippen MR) is 36.0 cm³/mol. The van der Waals surface area contributed by atoms with Gasteiger partial charge >= 0.3 is 0 Å². The molecule has 0 aliphatic heterocycles. The van der Waals surface area contributed by atoms with Crippen molar-refractivity contribution in [2.45, 2.75) is 6.61 Å². The Labute approximate surface area is 57.2 Å². The molecule has 1 heterocycles. The molecule has 3 heteroatoms. The van der Waals surface area contributed by atoms with Gasteiger partial charge in [-0.2, -0.15) is 0 Å². The second-order valence-electron chi connectivity index (χ2n) is 1.45. The Bertz CT molecular complexity index is 235. The van der Waals surface area contributed by atoms with Crippen molar-refractivity contribution in [1.82, 2.24) is 4.98 Å². The van der Waals surface area contributed by atoms with Crippen molar-refractivity contribution in [1.29, 1.82) is 0 Å². The van der Waals surface area contributed by atoms with Gasteiger partial charge in [0, 0.05) is 5.38 Å². The van der Waals surface area contributed by atoms with Crippen LogP contribution >= 0.6 is 11.3 Å². The summed E-state index contributed by atoms with van der Waals surface area (Å²) in [7, 11) is 0. The third-order valence-electron chi connectivity index (χ3n) is 0.837. The second kappa shape index (κ2) is 2.62. The molecule has 2 nitrogen and oxygen atoms in total. The minimum absolute atomic E-state index is 0.0296. The summed E-state index contributed by atoms with van der Waals surface area (Å²) in [5, 5.41) is 10.9. The highest BCUT2D eigenvalue weighted by Crippen LogP contribution is 2.06. The van der Waals surface area contributed by atoms with Crippen molar-refractivity contribution in [3.05, 3.63) is 16.1 Å². The van der Waals surface area contributed by atoms with E-state index in [0.29, 0.717) is 10.7 Å². The molecule has 9 heavy (non-hydrogen) atoms. The first-order valence-electron chi connectivity index (χ1n) is 2.38. The van der Waals surface area contributed by atoms with E-state index in [1.807, 2.05) is 0 Å². The van der Waals surface area contributed by atoms with Gasteiger partial charge in [-0.25, -0.2) is 4.98 Å². The van der Waals surface area contributed by atoms with Crippen LogP contribution in [0.15, 0.2) is 5.38 Å². The molecule has 0 bridgehead atoms. The van der Waals surface area contributed by atoms with Crippen LogP contribution in [-0.4, -0.2) is 10.1 Å². The minimum Gasteiger partial charge on any atom is -0.390 e. The van der Waals surface area contributed by atoms with E-state index in [-0.39, 0.29) is 6.61 Å². The van der Waals surface area contributed by atoms with Crippen molar-refractivity contribution >= 4 is 11.3 Å². The highest BCUT2D eigenvalue weighted by molar-refractivity contribution is 7.10. The molecule has 0 unspecified atom stereocenters. The lowest BCUT2D eigenvalue weighted by atomic mass is 10.5. The first kappa shape index (κ1) is 6.27.